The van der Waals surface area contributed by atoms with Gasteiger partial charge in [-0.1, -0.05) is 12.1 Å². The van der Waals surface area contributed by atoms with E-state index in [0.717, 1.165) is 6.07 Å². The highest BCUT2D eigenvalue weighted by Crippen LogP contribution is 2.38. The molecule has 2 aliphatic rings. The van der Waals surface area contributed by atoms with Crippen LogP contribution in [0.3, 0.4) is 0 Å². The van der Waals surface area contributed by atoms with Gasteiger partial charge in [-0.3, -0.25) is 9.59 Å². The van der Waals surface area contributed by atoms with E-state index in [2.05, 4.69) is 20.4 Å². The predicted octanol–water partition coefficient (Wildman–Crippen LogP) is 4.20. The minimum Gasteiger partial charge on any atom is -0.343 e. The lowest BCUT2D eigenvalue weighted by Gasteiger charge is -2.32. The number of H-pyrrole nitrogens is 1. The van der Waals surface area contributed by atoms with E-state index in [4.69, 9.17) is 0 Å². The molecule has 0 bridgehead atoms. The number of rotatable bonds is 5. The molecular weight excluding hydrogens is 523 g/mol. The normalized spacial score (nSPS) is 20.5. The number of aromatic amines is 1. The van der Waals surface area contributed by atoms with Crippen LogP contribution in [0.15, 0.2) is 35.3 Å². The average Bonchev–Trinajstić information content (AvgIpc) is 3.18. The fraction of sp³-hybridized carbons (Fsp3) is 0.500. The molecule has 3 aromatic rings. The molecule has 0 aliphatic carbocycles. The average molecular weight is 551 g/mol. The van der Waals surface area contributed by atoms with Gasteiger partial charge in [0.15, 0.2) is 11.6 Å². The van der Waals surface area contributed by atoms with Crippen LogP contribution >= 0.6 is 0 Å². The molecule has 2 aromatic heterocycles. The molecule has 5 rings (SSSR count). The first kappa shape index (κ1) is 26.9. The van der Waals surface area contributed by atoms with Crippen molar-refractivity contribution < 1.29 is 26.7 Å². The van der Waals surface area contributed by atoms with Crippen LogP contribution in [-0.4, -0.2) is 55.0 Å². The van der Waals surface area contributed by atoms with Crippen molar-refractivity contribution in [1.82, 2.24) is 29.9 Å². The lowest BCUT2D eigenvalue weighted by Crippen LogP contribution is -2.39. The van der Waals surface area contributed by atoms with Crippen molar-refractivity contribution in [2.24, 2.45) is 0 Å². The molecule has 1 fully saturated rings. The Hall–Kier alpha value is -3.64. The Labute approximate surface area is 220 Å². The molecule has 8 nitrogen and oxygen atoms in total. The van der Waals surface area contributed by atoms with E-state index in [1.165, 1.54) is 22.9 Å². The Kier molecular flexibility index (Phi) is 7.50. The highest BCUT2D eigenvalue weighted by molar-refractivity contribution is 5.77. The summed E-state index contributed by atoms with van der Waals surface area (Å²) in [7, 11) is 0. The number of halogens is 5. The number of alkyl halides is 3. The van der Waals surface area contributed by atoms with Crippen LogP contribution in [0.2, 0.25) is 0 Å². The van der Waals surface area contributed by atoms with Crippen LogP contribution in [0.1, 0.15) is 72.6 Å². The Morgan fingerprint density at radius 3 is 2.49 bits per heavy atom. The predicted molar refractivity (Wildman–Crippen MR) is 129 cm³/mol. The second-order valence-electron chi connectivity index (χ2n) is 10.2. The highest BCUT2D eigenvalue weighted by Gasteiger charge is 2.37. The lowest BCUT2D eigenvalue weighted by molar-refractivity contribution is -0.133. The van der Waals surface area contributed by atoms with Crippen LogP contribution in [-0.2, 0) is 17.8 Å². The summed E-state index contributed by atoms with van der Waals surface area (Å²) in [6.45, 7) is 0.812. The molecule has 0 unspecified atom stereocenters. The SMILES string of the molecule is O=C(C[C@@H]1CC[C@@H](c2cccc(F)c2F)Cn2c(CC(F)(F)F)nnc21)N1CCC(c2ccn[nH]c2=O)CC1. The number of benzene rings is 1. The number of likely N-dealkylation sites (tertiary alicyclic amines) is 1. The van der Waals surface area contributed by atoms with E-state index in [1.807, 2.05) is 0 Å². The number of hydrogen-bond donors (Lipinski definition) is 1. The molecule has 39 heavy (non-hydrogen) atoms. The van der Waals surface area contributed by atoms with Crippen molar-refractivity contribution in [3.63, 3.8) is 0 Å². The van der Waals surface area contributed by atoms with Gasteiger partial charge < -0.3 is 9.47 Å². The molecule has 208 valence electrons. The van der Waals surface area contributed by atoms with Gasteiger partial charge in [0.2, 0.25) is 5.91 Å². The Balaban J connectivity index is 1.34. The molecule has 4 heterocycles. The van der Waals surface area contributed by atoms with E-state index in [-0.39, 0.29) is 47.6 Å². The first-order valence-corrected chi connectivity index (χ1v) is 12.8. The molecule has 1 N–H and O–H groups in total. The molecule has 0 radical (unpaired) electrons. The second-order valence-corrected chi connectivity index (χ2v) is 10.2. The van der Waals surface area contributed by atoms with Gasteiger partial charge in [-0.25, -0.2) is 13.9 Å². The minimum atomic E-state index is -4.54. The summed E-state index contributed by atoms with van der Waals surface area (Å²) < 4.78 is 69.8. The van der Waals surface area contributed by atoms with Gasteiger partial charge in [0.05, 0.1) is 0 Å². The van der Waals surface area contributed by atoms with Gasteiger partial charge in [-0.2, -0.15) is 18.3 Å². The number of hydrogen-bond acceptors (Lipinski definition) is 5. The third kappa shape index (κ3) is 5.86. The zero-order chi connectivity index (χ0) is 27.7. The quantitative estimate of drug-likeness (QED) is 0.481. The van der Waals surface area contributed by atoms with Crippen LogP contribution in [0.4, 0.5) is 22.0 Å². The van der Waals surface area contributed by atoms with E-state index < -0.39 is 36.1 Å². The maximum Gasteiger partial charge on any atom is 0.396 e. The van der Waals surface area contributed by atoms with Gasteiger partial charge in [0.25, 0.3) is 5.56 Å². The topological polar surface area (TPSA) is 96.8 Å². The summed E-state index contributed by atoms with van der Waals surface area (Å²) in [5.41, 5.74) is 0.452. The second kappa shape index (κ2) is 10.9. The van der Waals surface area contributed by atoms with Gasteiger partial charge >= 0.3 is 6.18 Å². The van der Waals surface area contributed by atoms with Crippen LogP contribution in [0.5, 0.6) is 0 Å². The summed E-state index contributed by atoms with van der Waals surface area (Å²) in [5.74, 6) is -3.45. The Morgan fingerprint density at radius 1 is 1.00 bits per heavy atom. The molecule has 1 aromatic carbocycles. The molecule has 2 atom stereocenters. The largest absolute Gasteiger partial charge is 0.396 e. The number of fused-ring (bicyclic) bond motifs is 1. The molecule has 1 saturated heterocycles. The molecule has 1 amide bonds. The number of aromatic nitrogens is 5. The monoisotopic (exact) mass is 550 g/mol. The molecule has 2 aliphatic heterocycles. The van der Waals surface area contributed by atoms with Crippen molar-refractivity contribution >= 4 is 5.91 Å². The van der Waals surface area contributed by atoms with Crippen molar-refractivity contribution in [3.05, 3.63) is 75.2 Å². The molecule has 0 saturated carbocycles. The van der Waals surface area contributed by atoms with E-state index in [1.54, 1.807) is 11.0 Å². The standard InChI is InChI=1S/C26H27F5N6O2/c27-20-3-1-2-18(23(20)28)17-5-4-16(24-34-33-21(37(24)14-17)13-26(29,30)31)12-22(38)36-10-7-15(8-11-36)19-6-9-32-35-25(19)39/h1-3,6,9,15-17H,4-5,7-8,10-14H2,(H,35,39)/t16-,17+/m0/s1. The summed E-state index contributed by atoms with van der Waals surface area (Å²) in [4.78, 5) is 27.1. The molecular formula is C26H27F5N6O2. The van der Waals surface area contributed by atoms with Crippen molar-refractivity contribution in [2.75, 3.05) is 13.1 Å². The minimum absolute atomic E-state index is 0.00299. The summed E-state index contributed by atoms with van der Waals surface area (Å²) in [5, 5.41) is 14.0. The smallest absolute Gasteiger partial charge is 0.343 e. The van der Waals surface area contributed by atoms with Crippen molar-refractivity contribution in [3.8, 4) is 0 Å². The van der Waals surface area contributed by atoms with Gasteiger partial charge in [0, 0.05) is 49.7 Å². The summed E-state index contributed by atoms with van der Waals surface area (Å²) in [6.07, 6.45) is -2.47. The van der Waals surface area contributed by atoms with Crippen LogP contribution < -0.4 is 5.56 Å². The highest BCUT2D eigenvalue weighted by atomic mass is 19.4. The number of amides is 1. The first-order valence-electron chi connectivity index (χ1n) is 12.8. The van der Waals surface area contributed by atoms with Gasteiger partial charge in [0.1, 0.15) is 18.1 Å². The van der Waals surface area contributed by atoms with Crippen LogP contribution in [0.25, 0.3) is 0 Å². The maximum absolute atomic E-state index is 14.6. The van der Waals surface area contributed by atoms with Crippen molar-refractivity contribution in [2.45, 2.75) is 69.0 Å². The number of carbonyl (C=O) groups is 1. The number of piperidine rings is 1. The van der Waals surface area contributed by atoms with E-state index in [0.29, 0.717) is 44.3 Å². The van der Waals surface area contributed by atoms with E-state index in [9.17, 15) is 31.5 Å². The van der Waals surface area contributed by atoms with Crippen molar-refractivity contribution in [1.29, 1.82) is 0 Å². The Bertz CT molecular complexity index is 1400. The third-order valence-electron chi connectivity index (χ3n) is 7.73. The zero-order valence-corrected chi connectivity index (χ0v) is 20.9. The fourth-order valence-corrected chi connectivity index (χ4v) is 5.74. The maximum atomic E-state index is 14.6. The Morgan fingerprint density at radius 2 is 1.77 bits per heavy atom. The zero-order valence-electron chi connectivity index (χ0n) is 20.9. The number of nitrogens with one attached hydrogen (secondary N) is 1. The van der Waals surface area contributed by atoms with Gasteiger partial charge in [-0.05, 0) is 49.3 Å². The number of carbonyl (C=O) groups excluding carboxylic acids is 1. The molecule has 13 heteroatoms. The molecule has 0 spiro atoms. The van der Waals surface area contributed by atoms with Gasteiger partial charge in [-0.15, -0.1) is 10.2 Å². The summed E-state index contributed by atoms with van der Waals surface area (Å²) >= 11 is 0. The third-order valence-corrected chi connectivity index (χ3v) is 7.73. The lowest BCUT2D eigenvalue weighted by atomic mass is 9.88. The summed E-state index contributed by atoms with van der Waals surface area (Å²) in [6, 6.07) is 5.47. The first-order chi connectivity index (χ1) is 18.6. The number of nitrogens with zero attached hydrogens (tertiary/aromatic N) is 5. The van der Waals surface area contributed by atoms with E-state index >= 15 is 0 Å². The van der Waals surface area contributed by atoms with Crippen LogP contribution in [0, 0.1) is 11.6 Å². The fourth-order valence-electron chi connectivity index (χ4n) is 5.74.